The van der Waals surface area contributed by atoms with E-state index in [2.05, 4.69) is 10.6 Å². The minimum atomic E-state index is -1.56. The number of hydrogen-bond acceptors (Lipinski definition) is 7. The molecule has 5 amide bonds. The fourth-order valence-corrected chi connectivity index (χ4v) is 5.20. The SMILES string of the molecule is O=C(O)CCC(=O)NCCCCCS(=O)c1cccc2c1C(=O)N(C1CCC(=O)NC1=O)C2=O. The number of carbonyl (C=O) groups is 6. The molecule has 0 aliphatic carbocycles. The molecule has 0 saturated carbocycles. The zero-order chi connectivity index (χ0) is 24.8. The zero-order valence-corrected chi connectivity index (χ0v) is 19.2. The number of hydrogen-bond donors (Lipinski definition) is 3. The molecule has 0 bridgehead atoms. The number of piperidine rings is 1. The van der Waals surface area contributed by atoms with E-state index in [1.807, 2.05) is 0 Å². The van der Waals surface area contributed by atoms with E-state index in [1.54, 1.807) is 0 Å². The van der Waals surface area contributed by atoms with E-state index in [0.29, 0.717) is 25.8 Å². The van der Waals surface area contributed by atoms with Crippen molar-refractivity contribution in [2.45, 2.75) is 55.9 Å². The predicted molar refractivity (Wildman–Crippen MR) is 118 cm³/mol. The summed E-state index contributed by atoms with van der Waals surface area (Å²) in [5, 5.41) is 13.3. The van der Waals surface area contributed by atoms with Crippen molar-refractivity contribution in [1.29, 1.82) is 0 Å². The third kappa shape index (κ3) is 5.74. The summed E-state index contributed by atoms with van der Waals surface area (Å²) in [6.07, 6.45) is 1.55. The number of imide groups is 2. The van der Waals surface area contributed by atoms with E-state index in [0.717, 1.165) is 4.90 Å². The average molecular weight is 492 g/mol. The molecule has 1 fully saturated rings. The van der Waals surface area contributed by atoms with Crippen LogP contribution in [0, 0.1) is 0 Å². The quantitative estimate of drug-likeness (QED) is 0.294. The lowest BCUT2D eigenvalue weighted by Crippen LogP contribution is -2.54. The van der Waals surface area contributed by atoms with Crippen LogP contribution >= 0.6 is 0 Å². The lowest BCUT2D eigenvalue weighted by molar-refractivity contribution is -0.139. The van der Waals surface area contributed by atoms with E-state index in [9.17, 15) is 33.0 Å². The van der Waals surface area contributed by atoms with Gasteiger partial charge in [0.25, 0.3) is 11.8 Å². The highest BCUT2D eigenvalue weighted by atomic mass is 32.2. The van der Waals surface area contributed by atoms with Crippen LogP contribution in [0.5, 0.6) is 0 Å². The first-order chi connectivity index (χ1) is 16.2. The second-order valence-corrected chi connectivity index (χ2v) is 9.52. The Morgan fingerprint density at radius 1 is 1.09 bits per heavy atom. The van der Waals surface area contributed by atoms with E-state index in [4.69, 9.17) is 5.11 Å². The molecule has 3 N–H and O–H groups in total. The summed E-state index contributed by atoms with van der Waals surface area (Å²) < 4.78 is 12.9. The largest absolute Gasteiger partial charge is 0.481 e. The zero-order valence-electron chi connectivity index (χ0n) is 18.3. The summed E-state index contributed by atoms with van der Waals surface area (Å²) in [7, 11) is -1.56. The number of nitrogens with zero attached hydrogens (tertiary/aromatic N) is 1. The normalized spacial score (nSPS) is 18.5. The van der Waals surface area contributed by atoms with Crippen molar-refractivity contribution in [3.8, 4) is 0 Å². The summed E-state index contributed by atoms with van der Waals surface area (Å²) in [4.78, 5) is 72.5. The number of aliphatic carboxylic acids is 1. The van der Waals surface area contributed by atoms with Gasteiger partial charge < -0.3 is 10.4 Å². The van der Waals surface area contributed by atoms with Crippen LogP contribution in [0.3, 0.4) is 0 Å². The van der Waals surface area contributed by atoms with Gasteiger partial charge in [-0.25, -0.2) is 0 Å². The molecule has 2 atom stereocenters. The Labute approximate surface area is 197 Å². The highest BCUT2D eigenvalue weighted by Crippen LogP contribution is 2.31. The van der Waals surface area contributed by atoms with Crippen molar-refractivity contribution in [1.82, 2.24) is 15.5 Å². The van der Waals surface area contributed by atoms with Crippen molar-refractivity contribution >= 4 is 46.3 Å². The fourth-order valence-electron chi connectivity index (χ4n) is 3.86. The van der Waals surface area contributed by atoms with Crippen molar-refractivity contribution in [3.63, 3.8) is 0 Å². The Bertz CT molecular complexity index is 1070. The summed E-state index contributed by atoms with van der Waals surface area (Å²) in [6, 6.07) is 3.43. The smallest absolute Gasteiger partial charge is 0.303 e. The third-order valence-corrected chi connectivity index (χ3v) is 7.06. The number of fused-ring (bicyclic) bond motifs is 1. The lowest BCUT2D eigenvalue weighted by atomic mass is 10.0. The second-order valence-electron chi connectivity index (χ2n) is 7.98. The van der Waals surface area contributed by atoms with Crippen molar-refractivity contribution < 1.29 is 38.1 Å². The van der Waals surface area contributed by atoms with Crippen molar-refractivity contribution in [2.24, 2.45) is 0 Å². The van der Waals surface area contributed by atoms with Crippen LogP contribution in [0.25, 0.3) is 0 Å². The number of nitrogens with one attached hydrogen (secondary N) is 2. The van der Waals surface area contributed by atoms with Crippen molar-refractivity contribution in [2.75, 3.05) is 12.3 Å². The van der Waals surface area contributed by atoms with E-state index in [1.165, 1.54) is 18.2 Å². The van der Waals surface area contributed by atoms with Gasteiger partial charge in [0.05, 0.1) is 33.2 Å². The van der Waals surface area contributed by atoms with Gasteiger partial charge in [-0.1, -0.05) is 12.5 Å². The molecule has 1 saturated heterocycles. The van der Waals surface area contributed by atoms with Gasteiger partial charge in [-0.3, -0.25) is 43.2 Å². The molecule has 0 radical (unpaired) electrons. The van der Waals surface area contributed by atoms with Crippen LogP contribution in [-0.2, 0) is 30.0 Å². The monoisotopic (exact) mass is 491 g/mol. The Morgan fingerprint density at radius 3 is 2.56 bits per heavy atom. The summed E-state index contributed by atoms with van der Waals surface area (Å²) in [5.41, 5.74) is 0.117. The standard InChI is InChI=1S/C22H25N3O8S/c26-16(9-10-18(28)29)23-11-2-1-3-12-34(33)15-6-4-5-13-19(15)22(32)25(21(13)31)14-7-8-17(27)24-20(14)30/h4-6,14H,1-3,7-12H2,(H,23,26)(H,28,29)(H,24,27,30). The number of amides is 5. The molecule has 1 aromatic carbocycles. The summed E-state index contributed by atoms with van der Waals surface area (Å²) in [6.45, 7) is 0.375. The maximum absolute atomic E-state index is 13.1. The Balaban J connectivity index is 1.55. The minimum absolute atomic E-state index is 0.0165. The molecule has 2 heterocycles. The van der Waals surface area contributed by atoms with E-state index < -0.39 is 46.4 Å². The van der Waals surface area contributed by atoms with Gasteiger partial charge in [-0.2, -0.15) is 0 Å². The first-order valence-corrected chi connectivity index (χ1v) is 12.2. The molecule has 12 heteroatoms. The fraction of sp³-hybridized carbons (Fsp3) is 0.455. The molecule has 2 unspecified atom stereocenters. The van der Waals surface area contributed by atoms with Crippen molar-refractivity contribution in [3.05, 3.63) is 29.3 Å². The summed E-state index contributed by atoms with van der Waals surface area (Å²) in [5.74, 6) is -3.64. The Morgan fingerprint density at radius 2 is 1.85 bits per heavy atom. The summed E-state index contributed by atoms with van der Waals surface area (Å²) >= 11 is 0. The van der Waals surface area contributed by atoms with Crippen LogP contribution in [-0.4, -0.2) is 68.1 Å². The van der Waals surface area contributed by atoms with Crippen LogP contribution < -0.4 is 10.6 Å². The number of unbranched alkanes of at least 4 members (excludes halogenated alkanes) is 2. The number of benzene rings is 1. The topological polar surface area (TPSA) is 167 Å². The molecule has 2 aliphatic rings. The van der Waals surface area contributed by atoms with E-state index >= 15 is 0 Å². The van der Waals surface area contributed by atoms with Gasteiger partial charge in [0, 0.05) is 25.1 Å². The first kappa shape index (κ1) is 25.2. The Hall–Kier alpha value is -3.41. The van der Waals surface area contributed by atoms with E-state index in [-0.39, 0.29) is 53.4 Å². The van der Waals surface area contributed by atoms with Crippen LogP contribution in [0.15, 0.2) is 23.1 Å². The molecule has 0 spiro atoms. The second kappa shape index (κ2) is 11.1. The molecule has 0 aromatic heterocycles. The molecule has 34 heavy (non-hydrogen) atoms. The maximum atomic E-state index is 13.1. The number of carboxylic acid groups (broad SMARTS) is 1. The van der Waals surface area contributed by atoms with Crippen LogP contribution in [0.2, 0.25) is 0 Å². The van der Waals surface area contributed by atoms with Gasteiger partial charge in [0.15, 0.2) is 0 Å². The molecule has 3 rings (SSSR count). The van der Waals surface area contributed by atoms with Gasteiger partial charge >= 0.3 is 5.97 Å². The first-order valence-electron chi connectivity index (χ1n) is 10.9. The molecule has 2 aliphatic heterocycles. The highest BCUT2D eigenvalue weighted by Gasteiger charge is 2.45. The third-order valence-electron chi connectivity index (χ3n) is 5.57. The molecule has 1 aromatic rings. The van der Waals surface area contributed by atoms with Gasteiger partial charge in [0.2, 0.25) is 17.7 Å². The number of carbonyl (C=O) groups excluding carboxylic acids is 5. The lowest BCUT2D eigenvalue weighted by Gasteiger charge is -2.27. The predicted octanol–water partition coefficient (Wildman–Crippen LogP) is 0.347. The molecule has 11 nitrogen and oxygen atoms in total. The van der Waals surface area contributed by atoms with Gasteiger partial charge in [-0.05, 0) is 31.4 Å². The average Bonchev–Trinajstić information content (AvgIpc) is 3.05. The van der Waals surface area contributed by atoms with Gasteiger partial charge in [0.1, 0.15) is 6.04 Å². The Kier molecular flexibility index (Phi) is 8.26. The highest BCUT2D eigenvalue weighted by molar-refractivity contribution is 7.85. The number of carboxylic acids is 1. The number of rotatable bonds is 11. The van der Waals surface area contributed by atoms with Crippen LogP contribution in [0.1, 0.15) is 65.7 Å². The van der Waals surface area contributed by atoms with Gasteiger partial charge in [-0.15, -0.1) is 0 Å². The maximum Gasteiger partial charge on any atom is 0.303 e. The molecule has 182 valence electrons. The molecular weight excluding hydrogens is 466 g/mol. The minimum Gasteiger partial charge on any atom is -0.481 e. The molecular formula is C22H25N3O8S. The van der Waals surface area contributed by atoms with Crippen LogP contribution in [0.4, 0.5) is 0 Å².